The molecule has 2 nitrogen and oxygen atoms in total. The van der Waals surface area contributed by atoms with E-state index in [-0.39, 0.29) is 0 Å². The first-order valence-corrected chi connectivity index (χ1v) is 5.41. The van der Waals surface area contributed by atoms with Crippen LogP contribution in [0, 0.1) is 5.92 Å². The van der Waals surface area contributed by atoms with E-state index in [1.807, 2.05) is 18.5 Å². The first-order valence-electron chi connectivity index (χ1n) is 5.41. The third-order valence-corrected chi connectivity index (χ3v) is 3.04. The highest BCUT2D eigenvalue weighted by molar-refractivity contribution is 5.13. The van der Waals surface area contributed by atoms with Crippen LogP contribution in [0.4, 0.5) is 0 Å². The Balaban J connectivity index is 1.87. The van der Waals surface area contributed by atoms with Crippen LogP contribution in [0.25, 0.3) is 0 Å². The van der Waals surface area contributed by atoms with E-state index < -0.39 is 0 Å². The smallest absolute Gasteiger partial charge is 0.0315 e. The van der Waals surface area contributed by atoms with Gasteiger partial charge in [0, 0.05) is 24.5 Å². The molecule has 1 fully saturated rings. The van der Waals surface area contributed by atoms with Crippen LogP contribution in [0.1, 0.15) is 38.3 Å². The zero-order valence-corrected chi connectivity index (χ0v) is 8.90. The second-order valence-electron chi connectivity index (χ2n) is 4.45. The molecule has 2 heteroatoms. The van der Waals surface area contributed by atoms with Gasteiger partial charge >= 0.3 is 0 Å². The molecule has 0 radical (unpaired) electrons. The molecule has 0 bridgehead atoms. The molecule has 1 aliphatic carbocycles. The van der Waals surface area contributed by atoms with E-state index in [1.54, 1.807) is 0 Å². The monoisotopic (exact) mass is 190 g/mol. The molecule has 2 rings (SSSR count). The molecular weight excluding hydrogens is 172 g/mol. The minimum Gasteiger partial charge on any atom is -0.307 e. The Morgan fingerprint density at radius 3 is 2.86 bits per heavy atom. The first-order chi connectivity index (χ1) is 6.75. The molecule has 0 aliphatic heterocycles. The maximum atomic E-state index is 4.13. The van der Waals surface area contributed by atoms with Crippen LogP contribution in [0.15, 0.2) is 24.5 Å². The number of aromatic nitrogens is 1. The van der Waals surface area contributed by atoms with Crippen molar-refractivity contribution in [1.82, 2.24) is 10.3 Å². The summed E-state index contributed by atoms with van der Waals surface area (Å²) in [7, 11) is 0. The molecule has 1 N–H and O–H groups in total. The highest BCUT2D eigenvalue weighted by Crippen LogP contribution is 2.28. The van der Waals surface area contributed by atoms with E-state index in [4.69, 9.17) is 0 Å². The molecule has 1 aliphatic rings. The Morgan fingerprint density at radius 2 is 2.29 bits per heavy atom. The van der Waals surface area contributed by atoms with E-state index in [9.17, 15) is 0 Å². The van der Waals surface area contributed by atoms with E-state index in [2.05, 4.69) is 30.2 Å². The molecule has 1 heterocycles. The van der Waals surface area contributed by atoms with Gasteiger partial charge in [0.05, 0.1) is 0 Å². The summed E-state index contributed by atoms with van der Waals surface area (Å²) in [6, 6.07) is 5.28. The lowest BCUT2D eigenvalue weighted by Gasteiger charge is -2.35. The van der Waals surface area contributed by atoms with Crippen LogP contribution in [-0.2, 0) is 0 Å². The van der Waals surface area contributed by atoms with Crippen LogP contribution in [-0.4, -0.2) is 11.0 Å². The number of nitrogens with one attached hydrogen (secondary N) is 1. The molecule has 14 heavy (non-hydrogen) atoms. The predicted octanol–water partition coefficient (Wildman–Crippen LogP) is 2.53. The van der Waals surface area contributed by atoms with Crippen molar-refractivity contribution >= 4 is 0 Å². The summed E-state index contributed by atoms with van der Waals surface area (Å²) in [6.45, 7) is 4.52. The van der Waals surface area contributed by atoms with Crippen LogP contribution >= 0.6 is 0 Å². The summed E-state index contributed by atoms with van der Waals surface area (Å²) in [5.41, 5.74) is 1.28. The maximum absolute atomic E-state index is 4.13. The number of rotatable bonds is 3. The molecule has 1 saturated carbocycles. The molecule has 0 saturated heterocycles. The Hall–Kier alpha value is -0.890. The lowest BCUT2D eigenvalue weighted by molar-refractivity contribution is 0.226. The summed E-state index contributed by atoms with van der Waals surface area (Å²) >= 11 is 0. The number of pyridine rings is 1. The molecule has 76 valence electrons. The van der Waals surface area contributed by atoms with Gasteiger partial charge in [-0.1, -0.05) is 13.0 Å². The third kappa shape index (κ3) is 2.13. The van der Waals surface area contributed by atoms with Gasteiger partial charge < -0.3 is 5.32 Å². The van der Waals surface area contributed by atoms with Crippen molar-refractivity contribution in [2.24, 2.45) is 5.92 Å². The highest BCUT2D eigenvalue weighted by atomic mass is 15.0. The van der Waals surface area contributed by atoms with Crippen LogP contribution < -0.4 is 5.32 Å². The largest absolute Gasteiger partial charge is 0.307 e. The summed E-state index contributed by atoms with van der Waals surface area (Å²) in [4.78, 5) is 4.13. The van der Waals surface area contributed by atoms with Crippen molar-refractivity contribution in [3.05, 3.63) is 30.1 Å². The first kappa shape index (κ1) is 9.66. The zero-order chi connectivity index (χ0) is 9.97. The lowest BCUT2D eigenvalue weighted by Crippen LogP contribution is -2.41. The second kappa shape index (κ2) is 4.09. The molecule has 1 atom stereocenters. The fourth-order valence-electron chi connectivity index (χ4n) is 2.12. The van der Waals surface area contributed by atoms with E-state index in [1.165, 1.54) is 18.4 Å². The van der Waals surface area contributed by atoms with Gasteiger partial charge in [-0.3, -0.25) is 4.98 Å². The van der Waals surface area contributed by atoms with Crippen molar-refractivity contribution in [3.8, 4) is 0 Å². The molecule has 0 spiro atoms. The summed E-state index contributed by atoms with van der Waals surface area (Å²) in [5, 5.41) is 3.62. The van der Waals surface area contributed by atoms with Gasteiger partial charge in [0.25, 0.3) is 0 Å². The van der Waals surface area contributed by atoms with Crippen molar-refractivity contribution in [3.63, 3.8) is 0 Å². The average molecular weight is 190 g/mol. The van der Waals surface area contributed by atoms with Gasteiger partial charge in [-0.2, -0.15) is 0 Å². The molecule has 1 aromatic heterocycles. The van der Waals surface area contributed by atoms with Gasteiger partial charge in [-0.05, 0) is 37.3 Å². The fourth-order valence-corrected chi connectivity index (χ4v) is 2.12. The van der Waals surface area contributed by atoms with Crippen molar-refractivity contribution in [1.29, 1.82) is 0 Å². The third-order valence-electron chi connectivity index (χ3n) is 3.04. The molecule has 1 aromatic rings. The summed E-state index contributed by atoms with van der Waals surface area (Å²) in [6.07, 6.45) is 6.41. The van der Waals surface area contributed by atoms with E-state index in [0.29, 0.717) is 6.04 Å². The van der Waals surface area contributed by atoms with Gasteiger partial charge in [0.1, 0.15) is 0 Å². The van der Waals surface area contributed by atoms with Crippen molar-refractivity contribution < 1.29 is 0 Å². The van der Waals surface area contributed by atoms with Crippen LogP contribution in [0.5, 0.6) is 0 Å². The Labute approximate surface area is 85.7 Å². The Kier molecular flexibility index (Phi) is 2.82. The quantitative estimate of drug-likeness (QED) is 0.792. The van der Waals surface area contributed by atoms with Gasteiger partial charge in [-0.25, -0.2) is 0 Å². The topological polar surface area (TPSA) is 24.9 Å². The van der Waals surface area contributed by atoms with Crippen molar-refractivity contribution in [2.45, 2.75) is 38.8 Å². The molecule has 1 unspecified atom stereocenters. The number of hydrogen-bond donors (Lipinski definition) is 1. The number of nitrogens with zero attached hydrogens (tertiary/aromatic N) is 1. The minimum absolute atomic E-state index is 0.432. The summed E-state index contributed by atoms with van der Waals surface area (Å²) in [5.74, 6) is 0.911. The van der Waals surface area contributed by atoms with Crippen LogP contribution in [0.2, 0.25) is 0 Å². The highest BCUT2D eigenvalue weighted by Gasteiger charge is 2.26. The van der Waals surface area contributed by atoms with E-state index in [0.717, 1.165) is 12.0 Å². The standard InChI is InChI=1S/C12H18N2/c1-9-6-12(7-9)14-10(2)11-4-3-5-13-8-11/h3-5,8-10,12,14H,6-7H2,1-2H3. The van der Waals surface area contributed by atoms with Crippen molar-refractivity contribution in [2.75, 3.05) is 0 Å². The predicted molar refractivity (Wildman–Crippen MR) is 58.0 cm³/mol. The second-order valence-corrected chi connectivity index (χ2v) is 4.45. The van der Waals surface area contributed by atoms with Gasteiger partial charge in [0.2, 0.25) is 0 Å². The SMILES string of the molecule is CC1CC(NC(C)c2cccnc2)C1. The molecular formula is C12H18N2. The van der Waals surface area contributed by atoms with Gasteiger partial charge in [-0.15, -0.1) is 0 Å². The Morgan fingerprint density at radius 1 is 1.50 bits per heavy atom. The number of hydrogen-bond acceptors (Lipinski definition) is 2. The van der Waals surface area contributed by atoms with Gasteiger partial charge in [0.15, 0.2) is 0 Å². The summed E-state index contributed by atoms with van der Waals surface area (Å²) < 4.78 is 0. The van der Waals surface area contributed by atoms with Crippen LogP contribution in [0.3, 0.4) is 0 Å². The molecule has 0 aromatic carbocycles. The zero-order valence-electron chi connectivity index (χ0n) is 8.90. The lowest BCUT2D eigenvalue weighted by atomic mass is 9.81. The average Bonchev–Trinajstić information content (AvgIpc) is 2.17. The minimum atomic E-state index is 0.432. The normalized spacial score (nSPS) is 28.1. The molecule has 0 amide bonds. The Bertz CT molecular complexity index is 278. The van der Waals surface area contributed by atoms with E-state index >= 15 is 0 Å². The maximum Gasteiger partial charge on any atom is 0.0315 e. The fraction of sp³-hybridized carbons (Fsp3) is 0.583.